The minimum absolute atomic E-state index is 0. The molecule has 0 atom stereocenters. The first-order valence-corrected chi connectivity index (χ1v) is 23.9. The maximum Gasteiger partial charge on any atom is 0.120 e. The van der Waals surface area contributed by atoms with Crippen molar-refractivity contribution in [2.45, 2.75) is 73.0 Å². The van der Waals surface area contributed by atoms with E-state index in [-0.39, 0.29) is 31.4 Å². The molecule has 0 fully saturated rings. The van der Waals surface area contributed by atoms with Crippen LogP contribution in [0.1, 0.15) is 54.2 Å². The van der Waals surface area contributed by atoms with E-state index in [1.807, 2.05) is 93.8 Å². The van der Waals surface area contributed by atoms with Crippen molar-refractivity contribution in [3.8, 4) is 39.5 Å². The van der Waals surface area contributed by atoms with Crippen LogP contribution in [0, 0.1) is 25.0 Å². The molecule has 5 nitrogen and oxygen atoms in total. The summed E-state index contributed by atoms with van der Waals surface area (Å²) in [5, 5.41) is 3.25. The van der Waals surface area contributed by atoms with Crippen LogP contribution in [0.2, 0.25) is 19.6 Å². The second-order valence-corrected chi connectivity index (χ2v) is 22.6. The van der Waals surface area contributed by atoms with Crippen molar-refractivity contribution in [2.75, 3.05) is 0 Å². The third-order valence-corrected chi connectivity index (χ3v) is 12.6. The number of furan rings is 1. The van der Waals surface area contributed by atoms with Gasteiger partial charge in [-0.1, -0.05) is 131 Å². The maximum atomic E-state index is 8.55. The summed E-state index contributed by atoms with van der Waals surface area (Å²) in [6.07, 6.45) is 2.35. The molecule has 0 aliphatic carbocycles. The van der Waals surface area contributed by atoms with Gasteiger partial charge in [0.2, 0.25) is 0 Å². The van der Waals surface area contributed by atoms with Crippen molar-refractivity contribution in [3.63, 3.8) is 0 Å². The first-order valence-electron chi connectivity index (χ1n) is 21.4. The van der Waals surface area contributed by atoms with Gasteiger partial charge in [-0.3, -0.25) is 9.97 Å². The number of hydrogen-bond donors (Lipinski definition) is 0. The van der Waals surface area contributed by atoms with Crippen LogP contribution in [0.3, 0.4) is 0 Å². The number of hydrogen-bond acceptors (Lipinski definition) is 4. The Hall–Kier alpha value is -5.46. The fraction of sp³-hybridized carbons (Fsp3) is 0.226. The summed E-state index contributed by atoms with van der Waals surface area (Å²) < 4.78 is 25.8. The molecule has 0 aliphatic rings. The second kappa shape index (κ2) is 17.3. The molecule has 5 aromatic carbocycles. The third kappa shape index (κ3) is 8.58. The average molecular weight is 983 g/mol. The molecule has 0 aliphatic heterocycles. The monoisotopic (exact) mass is 983 g/mol. The predicted octanol–water partition coefficient (Wildman–Crippen LogP) is 13.3. The van der Waals surface area contributed by atoms with E-state index in [1.165, 1.54) is 16.7 Å². The van der Waals surface area contributed by atoms with Crippen molar-refractivity contribution in [1.29, 1.82) is 0 Å². The summed E-state index contributed by atoms with van der Waals surface area (Å²) in [5.41, 5.74) is 12.4. The fourth-order valence-electron chi connectivity index (χ4n) is 7.77. The molecule has 0 amide bonds. The van der Waals surface area contributed by atoms with Crippen LogP contribution in [0.25, 0.3) is 72.4 Å². The summed E-state index contributed by atoms with van der Waals surface area (Å²) >= 11 is 0. The van der Waals surface area contributed by atoms with Crippen LogP contribution in [0.5, 0.6) is 0 Å². The largest absolute Gasteiger partial charge is 0.501 e. The summed E-state index contributed by atoms with van der Waals surface area (Å²) in [6.45, 7) is 19.4. The Labute approximate surface area is 372 Å². The molecule has 0 saturated carbocycles. The molecule has 0 bridgehead atoms. The van der Waals surface area contributed by atoms with Crippen LogP contribution in [0.4, 0.5) is 0 Å². The Kier molecular flexibility index (Phi) is 11.5. The first kappa shape index (κ1) is 40.0. The number of imidazole rings is 1. The molecule has 1 radical (unpaired) electrons. The zero-order chi connectivity index (χ0) is 43.3. The number of aryl methyl sites for hydroxylation is 1. The van der Waals surface area contributed by atoms with Crippen molar-refractivity contribution >= 4 is 46.2 Å². The predicted molar refractivity (Wildman–Crippen MR) is 249 cm³/mol. The van der Waals surface area contributed by atoms with Crippen molar-refractivity contribution < 1.29 is 27.3 Å². The molecule has 9 aromatic rings. The van der Waals surface area contributed by atoms with Gasteiger partial charge in [0.05, 0.1) is 36.2 Å². The summed E-state index contributed by atoms with van der Waals surface area (Å²) in [4.78, 5) is 14.4. The van der Waals surface area contributed by atoms with E-state index < -0.39 is 14.4 Å². The van der Waals surface area contributed by atoms with Gasteiger partial charge < -0.3 is 14.0 Å². The maximum absolute atomic E-state index is 8.55. The molecule has 9 rings (SSSR count). The smallest absolute Gasteiger partial charge is 0.120 e. The quantitative estimate of drug-likeness (QED) is 0.118. The number of aromatic nitrogens is 4. The Morgan fingerprint density at radius 2 is 1.55 bits per heavy atom. The van der Waals surface area contributed by atoms with Crippen molar-refractivity contribution in [2.24, 2.45) is 5.92 Å². The summed E-state index contributed by atoms with van der Waals surface area (Å²) in [6, 6.07) is 47.7. The Bertz CT molecular complexity index is 3020. The van der Waals surface area contributed by atoms with E-state index in [2.05, 4.69) is 128 Å². The van der Waals surface area contributed by atoms with Crippen molar-refractivity contribution in [3.05, 3.63) is 163 Å². The number of benzene rings is 5. The third-order valence-electron chi connectivity index (χ3n) is 10.6. The molecule has 0 N–H and O–H groups in total. The molecule has 0 saturated heterocycles. The summed E-state index contributed by atoms with van der Waals surface area (Å²) in [7, 11) is -1.67. The number of fused-ring (bicyclic) bond motifs is 4. The van der Waals surface area contributed by atoms with Crippen LogP contribution >= 0.6 is 0 Å². The van der Waals surface area contributed by atoms with Crippen LogP contribution in [-0.2, 0) is 31.9 Å². The molecular formula is C53H52IrN4OSi-2. The number of nitrogens with zero attached hydrogens (tertiary/aromatic N) is 4. The Balaban J connectivity index is 0.000000215. The first-order chi connectivity index (χ1) is 29.0. The topological polar surface area (TPSA) is 56.7 Å². The minimum atomic E-state index is -1.67. The summed E-state index contributed by atoms with van der Waals surface area (Å²) in [5.74, 6) is 0.710. The van der Waals surface area contributed by atoms with E-state index in [1.54, 1.807) is 0 Å². The van der Waals surface area contributed by atoms with Gasteiger partial charge in [0, 0.05) is 46.3 Å². The number of pyridine rings is 2. The van der Waals surface area contributed by atoms with Gasteiger partial charge in [0.15, 0.2) is 0 Å². The SMILES string of the molecule is Cc1nccc2nc(-c3[c-]ccc4c3oc3ccccc34)n(-c3ccc(-c4ccccc4)cc3C(C)(C)C)c12.[2H]C([2H])(c1cc(-c2[c-]cccc2)ncc1[Si](C)(C)C)C(C)C.[Ir]. The molecule has 7 heteroatoms. The van der Waals surface area contributed by atoms with Gasteiger partial charge in [-0.2, -0.15) is 0 Å². The standard InChI is InChI=1S/C35H28N3O.C18H24NSi.Ir/c1-22-32-29(19-20-36-22)37-34(27-15-10-14-26-25-13-8-9-16-31(25)39-33(26)27)38(32)30-18-17-24(21-28(30)35(2,3)4)23-11-6-5-7-12-23;1-14(2)11-16-12-17(15-9-7-6-8-10-15)19-13-18(16)20(3,4)5;/h5-14,16-21H,1-4H3;6-9,12-14H,11H2,1-5H3;/q2*-1;/i;11D2;. The van der Waals surface area contributed by atoms with E-state index >= 15 is 0 Å². The van der Waals surface area contributed by atoms with Gasteiger partial charge in [-0.25, -0.2) is 0 Å². The van der Waals surface area contributed by atoms with E-state index in [0.717, 1.165) is 77.7 Å². The zero-order valence-corrected chi connectivity index (χ0v) is 39.2. The number of rotatable bonds is 7. The van der Waals surface area contributed by atoms with Crippen LogP contribution in [0.15, 0.2) is 138 Å². The zero-order valence-electron chi connectivity index (χ0n) is 37.8. The van der Waals surface area contributed by atoms with Crippen molar-refractivity contribution in [1.82, 2.24) is 19.5 Å². The van der Waals surface area contributed by atoms with Gasteiger partial charge >= 0.3 is 0 Å². The molecule has 60 heavy (non-hydrogen) atoms. The normalized spacial score (nSPS) is 12.6. The van der Waals surface area contributed by atoms with Crippen LogP contribution in [-0.4, -0.2) is 27.6 Å². The second-order valence-electron chi connectivity index (χ2n) is 17.5. The average Bonchev–Trinajstić information content (AvgIpc) is 3.83. The number of para-hydroxylation sites is 1. The Morgan fingerprint density at radius 1 is 0.800 bits per heavy atom. The van der Waals surface area contributed by atoms with Gasteiger partial charge in [-0.05, 0) is 76.5 Å². The van der Waals surface area contributed by atoms with E-state index in [4.69, 9.17) is 12.1 Å². The van der Waals surface area contributed by atoms with E-state index in [0.29, 0.717) is 0 Å². The molecule has 0 spiro atoms. The van der Waals surface area contributed by atoms with Gasteiger partial charge in [-0.15, -0.1) is 54.1 Å². The molecule has 305 valence electrons. The minimum Gasteiger partial charge on any atom is -0.501 e. The molecule has 4 heterocycles. The molecule has 0 unspecified atom stereocenters. The molecule has 4 aromatic heterocycles. The van der Waals surface area contributed by atoms with Crippen LogP contribution < -0.4 is 5.19 Å². The van der Waals surface area contributed by atoms with Gasteiger partial charge in [0.25, 0.3) is 0 Å². The Morgan fingerprint density at radius 3 is 2.27 bits per heavy atom. The fourth-order valence-corrected chi connectivity index (χ4v) is 9.17. The van der Waals surface area contributed by atoms with Gasteiger partial charge in [0.1, 0.15) is 5.58 Å². The molecular weight excluding hydrogens is 929 g/mol. The van der Waals surface area contributed by atoms with E-state index in [9.17, 15) is 0 Å².